The number of halogens is 1. The number of aryl methyl sites for hydroxylation is 1. The second-order valence-electron chi connectivity index (χ2n) is 2.92. The molecule has 14 heavy (non-hydrogen) atoms. The Labute approximate surface area is 84.4 Å². The van der Waals surface area contributed by atoms with Crippen LogP contribution in [0.5, 0.6) is 0 Å². The SMILES string of the molecule is Cn1c(=S)[nH]c2ccc(F)c(C#N)c21. The third-order valence-electron chi connectivity index (χ3n) is 2.12. The zero-order valence-corrected chi connectivity index (χ0v) is 8.15. The molecule has 70 valence electrons. The molecule has 0 bridgehead atoms. The van der Waals surface area contributed by atoms with Crippen LogP contribution in [0, 0.1) is 21.9 Å². The van der Waals surface area contributed by atoms with Crippen LogP contribution in [0.4, 0.5) is 4.39 Å². The molecule has 1 aromatic carbocycles. The number of benzene rings is 1. The third kappa shape index (κ3) is 1.05. The maximum Gasteiger partial charge on any atom is 0.177 e. The van der Waals surface area contributed by atoms with Gasteiger partial charge in [0.1, 0.15) is 17.4 Å². The van der Waals surface area contributed by atoms with Gasteiger partial charge in [-0.1, -0.05) is 0 Å². The fraction of sp³-hybridized carbons (Fsp3) is 0.111. The van der Waals surface area contributed by atoms with Gasteiger partial charge in [0.25, 0.3) is 0 Å². The smallest absolute Gasteiger partial charge is 0.177 e. The Bertz CT molecular complexity index is 603. The third-order valence-corrected chi connectivity index (χ3v) is 2.50. The summed E-state index contributed by atoms with van der Waals surface area (Å²) in [6, 6.07) is 4.66. The maximum atomic E-state index is 13.2. The maximum absolute atomic E-state index is 13.2. The lowest BCUT2D eigenvalue weighted by Gasteiger charge is -1.98. The van der Waals surface area contributed by atoms with Crippen LogP contribution in [-0.4, -0.2) is 9.55 Å². The van der Waals surface area contributed by atoms with Crippen molar-refractivity contribution >= 4 is 23.3 Å². The quantitative estimate of drug-likeness (QED) is 0.673. The van der Waals surface area contributed by atoms with Crippen LogP contribution in [0.2, 0.25) is 0 Å². The number of aromatic nitrogens is 2. The molecule has 0 aliphatic heterocycles. The van der Waals surface area contributed by atoms with Crippen molar-refractivity contribution in [2.24, 2.45) is 7.05 Å². The minimum absolute atomic E-state index is 0.0253. The monoisotopic (exact) mass is 207 g/mol. The van der Waals surface area contributed by atoms with Crippen molar-refractivity contribution < 1.29 is 4.39 Å². The van der Waals surface area contributed by atoms with Crippen molar-refractivity contribution in [1.29, 1.82) is 5.26 Å². The first kappa shape index (κ1) is 8.91. The van der Waals surface area contributed by atoms with Crippen molar-refractivity contribution in [2.75, 3.05) is 0 Å². The molecule has 0 radical (unpaired) electrons. The van der Waals surface area contributed by atoms with Crippen LogP contribution >= 0.6 is 12.2 Å². The molecular weight excluding hydrogens is 201 g/mol. The van der Waals surface area contributed by atoms with Crippen molar-refractivity contribution in [3.63, 3.8) is 0 Å². The number of H-pyrrole nitrogens is 1. The molecule has 2 aromatic rings. The number of nitrogens with one attached hydrogen (secondary N) is 1. The average Bonchev–Trinajstić information content (AvgIpc) is 2.45. The first-order chi connectivity index (χ1) is 6.65. The molecule has 0 saturated heterocycles. The van der Waals surface area contributed by atoms with E-state index in [4.69, 9.17) is 17.5 Å². The van der Waals surface area contributed by atoms with Crippen molar-refractivity contribution in [1.82, 2.24) is 9.55 Å². The van der Waals surface area contributed by atoms with Crippen LogP contribution in [0.1, 0.15) is 5.56 Å². The van der Waals surface area contributed by atoms with Crippen LogP contribution < -0.4 is 0 Å². The standard InChI is InChI=1S/C9H6FN3S/c1-13-8-5(4-11)6(10)2-3-7(8)12-9(13)14/h2-3H,1H3,(H,12,14). The van der Waals surface area contributed by atoms with E-state index in [0.29, 0.717) is 15.8 Å². The Morgan fingerprint density at radius 2 is 2.29 bits per heavy atom. The van der Waals surface area contributed by atoms with Crippen molar-refractivity contribution in [3.8, 4) is 6.07 Å². The van der Waals surface area contributed by atoms with Crippen LogP contribution in [-0.2, 0) is 7.05 Å². The van der Waals surface area contributed by atoms with E-state index in [1.807, 2.05) is 6.07 Å². The summed E-state index contributed by atoms with van der Waals surface area (Å²) in [5.74, 6) is -0.524. The van der Waals surface area contributed by atoms with Gasteiger partial charge in [0.05, 0.1) is 11.0 Å². The van der Waals surface area contributed by atoms with Gasteiger partial charge in [0.15, 0.2) is 4.77 Å². The topological polar surface area (TPSA) is 44.5 Å². The number of fused-ring (bicyclic) bond motifs is 1. The summed E-state index contributed by atoms with van der Waals surface area (Å²) in [6.07, 6.45) is 0. The molecule has 0 atom stereocenters. The van der Waals surface area contributed by atoms with E-state index in [9.17, 15) is 4.39 Å². The summed E-state index contributed by atoms with van der Waals surface area (Å²) in [4.78, 5) is 2.89. The minimum Gasteiger partial charge on any atom is -0.331 e. The largest absolute Gasteiger partial charge is 0.331 e. The highest BCUT2D eigenvalue weighted by molar-refractivity contribution is 7.71. The minimum atomic E-state index is -0.524. The zero-order valence-electron chi connectivity index (χ0n) is 7.34. The molecular formula is C9H6FN3S. The van der Waals surface area contributed by atoms with Gasteiger partial charge in [-0.2, -0.15) is 5.26 Å². The highest BCUT2D eigenvalue weighted by atomic mass is 32.1. The number of nitrogens with zero attached hydrogens (tertiary/aromatic N) is 2. The Hall–Kier alpha value is -1.67. The Balaban J connectivity index is 3.08. The van der Waals surface area contributed by atoms with Crippen LogP contribution in [0.3, 0.4) is 0 Å². The van der Waals surface area contributed by atoms with E-state index in [2.05, 4.69) is 4.98 Å². The Morgan fingerprint density at radius 1 is 1.57 bits per heavy atom. The molecule has 2 rings (SSSR count). The van der Waals surface area contributed by atoms with Crippen molar-refractivity contribution in [2.45, 2.75) is 0 Å². The Kier molecular flexibility index (Phi) is 1.86. The molecule has 0 saturated carbocycles. The number of hydrogen-bond donors (Lipinski definition) is 1. The fourth-order valence-corrected chi connectivity index (χ4v) is 1.62. The van der Waals surface area contributed by atoms with Gasteiger partial charge in [-0.3, -0.25) is 0 Å². The molecule has 0 aliphatic carbocycles. The normalized spacial score (nSPS) is 10.4. The Morgan fingerprint density at radius 3 is 2.93 bits per heavy atom. The summed E-state index contributed by atoms with van der Waals surface area (Å²) in [5.41, 5.74) is 1.21. The number of rotatable bonds is 0. The summed E-state index contributed by atoms with van der Waals surface area (Å²) in [5, 5.41) is 8.80. The van der Waals surface area contributed by atoms with E-state index >= 15 is 0 Å². The predicted octanol–water partition coefficient (Wildman–Crippen LogP) is 2.25. The number of hydrogen-bond acceptors (Lipinski definition) is 2. The van der Waals surface area contributed by atoms with Gasteiger partial charge in [-0.15, -0.1) is 0 Å². The second-order valence-corrected chi connectivity index (χ2v) is 3.31. The van der Waals surface area contributed by atoms with E-state index in [0.717, 1.165) is 0 Å². The lowest BCUT2D eigenvalue weighted by atomic mass is 10.2. The van der Waals surface area contributed by atoms with Gasteiger partial charge in [0, 0.05) is 7.05 Å². The second kappa shape index (κ2) is 2.93. The fourth-order valence-electron chi connectivity index (χ4n) is 1.42. The highest BCUT2D eigenvalue weighted by Crippen LogP contribution is 2.19. The van der Waals surface area contributed by atoms with E-state index in [1.165, 1.54) is 6.07 Å². The molecule has 0 fully saturated rings. The first-order valence-corrected chi connectivity index (χ1v) is 4.33. The van der Waals surface area contributed by atoms with E-state index < -0.39 is 5.82 Å². The molecule has 3 nitrogen and oxygen atoms in total. The lowest BCUT2D eigenvalue weighted by Crippen LogP contribution is -1.92. The van der Waals surface area contributed by atoms with E-state index in [-0.39, 0.29) is 5.56 Å². The molecule has 1 aromatic heterocycles. The van der Waals surface area contributed by atoms with Gasteiger partial charge < -0.3 is 9.55 Å². The molecule has 0 spiro atoms. The molecule has 0 amide bonds. The molecule has 0 unspecified atom stereocenters. The summed E-state index contributed by atoms with van der Waals surface area (Å²) >= 11 is 4.98. The molecule has 1 N–H and O–H groups in total. The molecule has 1 heterocycles. The lowest BCUT2D eigenvalue weighted by molar-refractivity contribution is 0.625. The predicted molar refractivity (Wildman–Crippen MR) is 52.8 cm³/mol. The van der Waals surface area contributed by atoms with Crippen LogP contribution in [0.15, 0.2) is 12.1 Å². The summed E-state index contributed by atoms with van der Waals surface area (Å²) < 4.78 is 15.3. The number of imidazole rings is 1. The highest BCUT2D eigenvalue weighted by Gasteiger charge is 2.10. The molecule has 5 heteroatoms. The van der Waals surface area contributed by atoms with Crippen LogP contribution in [0.25, 0.3) is 11.0 Å². The van der Waals surface area contributed by atoms with Crippen molar-refractivity contribution in [3.05, 3.63) is 28.3 Å². The average molecular weight is 207 g/mol. The zero-order chi connectivity index (χ0) is 10.3. The van der Waals surface area contributed by atoms with Gasteiger partial charge in [-0.25, -0.2) is 4.39 Å². The summed E-state index contributed by atoms with van der Waals surface area (Å²) in [7, 11) is 1.70. The first-order valence-electron chi connectivity index (χ1n) is 3.92. The van der Waals surface area contributed by atoms with Gasteiger partial charge >= 0.3 is 0 Å². The summed E-state index contributed by atoms with van der Waals surface area (Å²) in [6.45, 7) is 0. The number of nitriles is 1. The molecule has 0 aliphatic rings. The number of aromatic amines is 1. The van der Waals surface area contributed by atoms with E-state index in [1.54, 1.807) is 17.7 Å². The van der Waals surface area contributed by atoms with Gasteiger partial charge in [-0.05, 0) is 24.4 Å². The van der Waals surface area contributed by atoms with Gasteiger partial charge in [0.2, 0.25) is 0 Å².